The number of nitrogens with zero attached hydrogens (tertiary/aromatic N) is 1. The lowest BCUT2D eigenvalue weighted by molar-refractivity contribution is -0.128. The van der Waals surface area contributed by atoms with Crippen molar-refractivity contribution in [3.63, 3.8) is 0 Å². The largest absolute Gasteiger partial charge is 0.478 e. The molecule has 3 rings (SSSR count). The van der Waals surface area contributed by atoms with Crippen LogP contribution in [0, 0.1) is 5.92 Å². The molecular formula is C22H29NO4. The Balaban J connectivity index is 1.52. The first-order valence-corrected chi connectivity index (χ1v) is 10.0. The Morgan fingerprint density at radius 3 is 2.56 bits per heavy atom. The van der Waals surface area contributed by atoms with Crippen LogP contribution in [-0.4, -0.2) is 45.7 Å². The van der Waals surface area contributed by atoms with Gasteiger partial charge in [-0.1, -0.05) is 50.0 Å². The molecule has 146 valence electrons. The maximum absolute atomic E-state index is 12.2. The summed E-state index contributed by atoms with van der Waals surface area (Å²) in [4.78, 5) is 25.0. The molecule has 1 unspecified atom stereocenters. The van der Waals surface area contributed by atoms with Gasteiger partial charge in [-0.15, -0.1) is 0 Å². The van der Waals surface area contributed by atoms with Crippen molar-refractivity contribution in [2.24, 2.45) is 5.92 Å². The first kappa shape index (κ1) is 19.6. The van der Waals surface area contributed by atoms with Crippen molar-refractivity contribution in [3.8, 4) is 0 Å². The van der Waals surface area contributed by atoms with Crippen LogP contribution in [0.2, 0.25) is 0 Å². The van der Waals surface area contributed by atoms with Gasteiger partial charge in [0.15, 0.2) is 0 Å². The lowest BCUT2D eigenvalue weighted by Gasteiger charge is -2.23. The summed E-state index contributed by atoms with van der Waals surface area (Å²) in [7, 11) is 0. The molecule has 1 heterocycles. The molecule has 0 spiro atoms. The summed E-state index contributed by atoms with van der Waals surface area (Å²) in [6.45, 7) is 0.610. The van der Waals surface area contributed by atoms with E-state index in [4.69, 9.17) is 5.11 Å². The molecule has 2 aliphatic rings. The Morgan fingerprint density at radius 2 is 1.89 bits per heavy atom. The highest BCUT2D eigenvalue weighted by molar-refractivity contribution is 5.87. The summed E-state index contributed by atoms with van der Waals surface area (Å²) in [6.07, 6.45) is 11.3. The van der Waals surface area contributed by atoms with Crippen molar-refractivity contribution in [1.82, 2.24) is 4.90 Å². The number of carboxylic acid groups (broad SMARTS) is 1. The minimum atomic E-state index is -0.933. The third-order valence-corrected chi connectivity index (χ3v) is 5.82. The number of aromatic carboxylic acids is 1. The van der Waals surface area contributed by atoms with Crippen LogP contribution >= 0.6 is 0 Å². The topological polar surface area (TPSA) is 77.8 Å². The highest BCUT2D eigenvalue weighted by atomic mass is 16.4. The first-order chi connectivity index (χ1) is 13.0. The van der Waals surface area contributed by atoms with Gasteiger partial charge < -0.3 is 15.1 Å². The molecule has 2 N–H and O–H groups in total. The van der Waals surface area contributed by atoms with Crippen LogP contribution < -0.4 is 0 Å². The number of carbonyl (C=O) groups excluding carboxylic acids is 1. The third kappa shape index (κ3) is 5.42. The second-order valence-electron chi connectivity index (χ2n) is 7.78. The molecule has 1 aliphatic heterocycles. The van der Waals surface area contributed by atoms with Gasteiger partial charge in [0.25, 0.3) is 0 Å². The van der Waals surface area contributed by atoms with E-state index in [0.717, 1.165) is 18.4 Å². The molecule has 2 fully saturated rings. The van der Waals surface area contributed by atoms with Crippen molar-refractivity contribution < 1.29 is 19.8 Å². The monoisotopic (exact) mass is 371 g/mol. The summed E-state index contributed by atoms with van der Waals surface area (Å²) in [5.74, 6) is -0.144. The quantitative estimate of drug-likeness (QED) is 0.687. The number of hydrogen-bond donors (Lipinski definition) is 2. The maximum Gasteiger partial charge on any atom is 0.335 e. The molecule has 1 saturated heterocycles. The molecule has 27 heavy (non-hydrogen) atoms. The number of rotatable bonds is 8. The van der Waals surface area contributed by atoms with E-state index in [1.807, 2.05) is 17.1 Å². The summed E-state index contributed by atoms with van der Waals surface area (Å²) in [5.41, 5.74) is 1.29. The van der Waals surface area contributed by atoms with E-state index < -0.39 is 12.1 Å². The van der Waals surface area contributed by atoms with Gasteiger partial charge in [-0.3, -0.25) is 4.79 Å². The highest BCUT2D eigenvalue weighted by Gasteiger charge is 2.29. The molecule has 0 bridgehead atoms. The molecule has 1 aliphatic carbocycles. The molecule has 0 aromatic heterocycles. The minimum absolute atomic E-state index is 0.0500. The number of amides is 1. The normalized spacial score (nSPS) is 22.0. The Morgan fingerprint density at radius 1 is 1.19 bits per heavy atom. The Labute approximate surface area is 160 Å². The smallest absolute Gasteiger partial charge is 0.335 e. The zero-order valence-electron chi connectivity index (χ0n) is 15.7. The van der Waals surface area contributed by atoms with E-state index in [9.17, 15) is 14.7 Å². The van der Waals surface area contributed by atoms with E-state index in [1.165, 1.54) is 25.7 Å². The van der Waals surface area contributed by atoms with Crippen LogP contribution in [0.25, 0.3) is 0 Å². The van der Waals surface area contributed by atoms with Crippen LogP contribution in [0.3, 0.4) is 0 Å². The SMILES string of the molecule is O=C(O)c1ccc(CCN2C(=O)CC[C@@H]2C=CC(O)CC2CCCC2)cc1. The molecule has 1 saturated carbocycles. The average molecular weight is 371 g/mol. The lowest BCUT2D eigenvalue weighted by Crippen LogP contribution is -2.33. The van der Waals surface area contributed by atoms with Crippen LogP contribution in [0.1, 0.15) is 60.9 Å². The van der Waals surface area contributed by atoms with Crippen LogP contribution in [-0.2, 0) is 11.2 Å². The number of carboxylic acids is 1. The van der Waals surface area contributed by atoms with Crippen molar-refractivity contribution in [2.45, 2.75) is 63.5 Å². The first-order valence-electron chi connectivity index (χ1n) is 10.0. The van der Waals surface area contributed by atoms with Gasteiger partial charge in [0, 0.05) is 13.0 Å². The van der Waals surface area contributed by atoms with E-state index >= 15 is 0 Å². The van der Waals surface area contributed by atoms with Gasteiger partial charge in [0.05, 0.1) is 17.7 Å². The minimum Gasteiger partial charge on any atom is -0.478 e. The number of benzene rings is 1. The Kier molecular flexibility index (Phi) is 6.67. The average Bonchev–Trinajstić information content (AvgIpc) is 3.28. The van der Waals surface area contributed by atoms with Crippen LogP contribution in [0.4, 0.5) is 0 Å². The van der Waals surface area contributed by atoms with Gasteiger partial charge in [-0.2, -0.15) is 0 Å². The zero-order chi connectivity index (χ0) is 19.2. The van der Waals surface area contributed by atoms with Gasteiger partial charge in [0.1, 0.15) is 0 Å². The molecule has 1 aromatic rings. The van der Waals surface area contributed by atoms with E-state index in [0.29, 0.717) is 25.3 Å². The Hall–Kier alpha value is -2.14. The molecule has 5 heteroatoms. The van der Waals surface area contributed by atoms with Gasteiger partial charge in [-0.25, -0.2) is 4.79 Å². The standard InChI is InChI=1S/C22H29NO4/c24-20(15-17-3-1-2-4-17)11-9-19-10-12-21(25)23(19)14-13-16-5-7-18(8-6-16)22(26)27/h5-9,11,17,19-20,24H,1-4,10,12-15H2,(H,26,27)/t19-,20?/m0/s1. The number of carbonyl (C=O) groups is 2. The second-order valence-corrected chi connectivity index (χ2v) is 7.78. The fourth-order valence-electron chi connectivity index (χ4n) is 4.23. The molecule has 0 radical (unpaired) electrons. The van der Waals surface area contributed by atoms with Gasteiger partial charge >= 0.3 is 5.97 Å². The Bertz CT molecular complexity index is 676. The lowest BCUT2D eigenvalue weighted by atomic mass is 9.99. The molecule has 2 atom stereocenters. The maximum atomic E-state index is 12.2. The number of hydrogen-bond acceptors (Lipinski definition) is 3. The molecular weight excluding hydrogens is 342 g/mol. The zero-order valence-corrected chi connectivity index (χ0v) is 15.7. The highest BCUT2D eigenvalue weighted by Crippen LogP contribution is 2.29. The summed E-state index contributed by atoms with van der Waals surface area (Å²) in [5, 5.41) is 19.2. The third-order valence-electron chi connectivity index (χ3n) is 5.82. The van der Waals surface area contributed by atoms with Crippen LogP contribution in [0.5, 0.6) is 0 Å². The van der Waals surface area contributed by atoms with Gasteiger partial charge in [-0.05, 0) is 42.9 Å². The van der Waals surface area contributed by atoms with Crippen molar-refractivity contribution in [3.05, 3.63) is 47.5 Å². The van der Waals surface area contributed by atoms with Crippen molar-refractivity contribution in [2.75, 3.05) is 6.54 Å². The van der Waals surface area contributed by atoms with E-state index in [1.54, 1.807) is 24.3 Å². The molecule has 1 aromatic carbocycles. The predicted molar refractivity (Wildman–Crippen MR) is 104 cm³/mol. The number of aliphatic hydroxyl groups excluding tert-OH is 1. The van der Waals surface area contributed by atoms with E-state index in [-0.39, 0.29) is 17.5 Å². The number of likely N-dealkylation sites (tertiary alicyclic amines) is 1. The summed E-state index contributed by atoms with van der Waals surface area (Å²) >= 11 is 0. The molecule has 5 nitrogen and oxygen atoms in total. The second kappa shape index (κ2) is 9.18. The van der Waals surface area contributed by atoms with Crippen LogP contribution in [0.15, 0.2) is 36.4 Å². The predicted octanol–water partition coefficient (Wildman–Crippen LogP) is 3.42. The molecule has 1 amide bonds. The summed E-state index contributed by atoms with van der Waals surface area (Å²) in [6, 6.07) is 6.86. The van der Waals surface area contributed by atoms with Crippen molar-refractivity contribution >= 4 is 11.9 Å². The van der Waals surface area contributed by atoms with Crippen molar-refractivity contribution in [1.29, 1.82) is 0 Å². The van der Waals surface area contributed by atoms with Gasteiger partial charge in [0.2, 0.25) is 5.91 Å². The number of aliphatic hydroxyl groups is 1. The fourth-order valence-corrected chi connectivity index (χ4v) is 4.23. The summed E-state index contributed by atoms with van der Waals surface area (Å²) < 4.78 is 0. The fraction of sp³-hybridized carbons (Fsp3) is 0.545. The van der Waals surface area contributed by atoms with E-state index in [2.05, 4.69) is 0 Å².